The fraction of sp³-hybridized carbons (Fsp3) is 0.458. The number of aromatic amines is 1. The van der Waals surface area contributed by atoms with E-state index in [2.05, 4.69) is 20.4 Å². The van der Waals surface area contributed by atoms with Crippen LogP contribution in [0.2, 0.25) is 0 Å². The van der Waals surface area contributed by atoms with Crippen molar-refractivity contribution >= 4 is 40.7 Å². The summed E-state index contributed by atoms with van der Waals surface area (Å²) < 4.78 is 5.23. The monoisotopic (exact) mass is 469 g/mol. The third-order valence-corrected chi connectivity index (χ3v) is 5.09. The number of fused-ring (bicyclic) bond motifs is 1. The van der Waals surface area contributed by atoms with Gasteiger partial charge in [0.25, 0.3) is 0 Å². The first kappa shape index (κ1) is 26.5. The summed E-state index contributed by atoms with van der Waals surface area (Å²) in [6.45, 7) is 6.77. The molecule has 0 fully saturated rings. The molecule has 34 heavy (non-hydrogen) atoms. The van der Waals surface area contributed by atoms with Gasteiger partial charge in [0, 0.05) is 35.9 Å². The molecule has 0 saturated carbocycles. The van der Waals surface area contributed by atoms with E-state index in [0.29, 0.717) is 0 Å². The van der Waals surface area contributed by atoms with E-state index >= 15 is 0 Å². The molecule has 0 bridgehead atoms. The van der Waals surface area contributed by atoms with Crippen molar-refractivity contribution in [2.24, 2.45) is 5.92 Å². The lowest BCUT2D eigenvalue weighted by atomic mass is 10.0. The molecule has 3 N–H and O–H groups in total. The number of para-hydroxylation sites is 1. The summed E-state index contributed by atoms with van der Waals surface area (Å²) in [5.41, 5.74) is 10.2. The first-order valence-electron chi connectivity index (χ1n) is 11.2. The first-order valence-corrected chi connectivity index (χ1v) is 11.2. The van der Waals surface area contributed by atoms with Crippen LogP contribution in [0.15, 0.2) is 30.5 Å². The minimum absolute atomic E-state index is 0.0555. The fourth-order valence-corrected chi connectivity index (χ4v) is 3.32. The van der Waals surface area contributed by atoms with Crippen molar-refractivity contribution in [1.82, 2.24) is 15.6 Å². The van der Waals surface area contributed by atoms with Crippen LogP contribution in [0.1, 0.15) is 46.1 Å². The van der Waals surface area contributed by atoms with E-state index < -0.39 is 35.8 Å². The van der Waals surface area contributed by atoms with Crippen molar-refractivity contribution in [3.8, 4) is 0 Å². The fourth-order valence-electron chi connectivity index (χ4n) is 3.32. The Hall–Kier alpha value is -3.78. The van der Waals surface area contributed by atoms with Gasteiger partial charge in [0.2, 0.25) is 17.6 Å². The summed E-state index contributed by atoms with van der Waals surface area (Å²) in [7, 11) is 0. The van der Waals surface area contributed by atoms with Gasteiger partial charge in [-0.05, 0) is 31.9 Å². The van der Waals surface area contributed by atoms with E-state index in [0.717, 1.165) is 22.7 Å². The van der Waals surface area contributed by atoms with E-state index in [-0.39, 0.29) is 31.1 Å². The molecule has 1 aromatic heterocycles. The van der Waals surface area contributed by atoms with Crippen molar-refractivity contribution < 1.29 is 28.7 Å². The smallest absolute Gasteiger partial charge is 0.328 e. The molecule has 2 rings (SSSR count). The molecule has 10 heteroatoms. The molecule has 1 heterocycles. The molecule has 182 valence electrons. The Morgan fingerprint density at radius 2 is 1.74 bits per heavy atom. The molecular weight excluding hydrogens is 438 g/mol. The Balaban J connectivity index is 2.26. The average molecular weight is 470 g/mol. The molecule has 2 aromatic rings. The van der Waals surface area contributed by atoms with Gasteiger partial charge in [-0.1, -0.05) is 32.0 Å². The molecule has 0 unspecified atom stereocenters. The molecule has 0 aliphatic heterocycles. The van der Waals surface area contributed by atoms with Gasteiger partial charge in [-0.3, -0.25) is 14.4 Å². The number of hydrogen-bond acceptors (Lipinski definition) is 5. The number of nitrogens with zero attached hydrogens (tertiary/aromatic N) is 2. The Morgan fingerprint density at radius 1 is 1.06 bits per heavy atom. The first-order chi connectivity index (χ1) is 16.1. The summed E-state index contributed by atoms with van der Waals surface area (Å²) in [4.78, 5) is 55.8. The highest BCUT2D eigenvalue weighted by Gasteiger charge is 2.30. The SMILES string of the molecule is CC(C)OC(=O)[C@H](CCC(=O)C=[N+]=[N-])NC(=O)[C@H](Cc1c[nH]c2ccccc12)NC(=O)C(C)C. The molecule has 0 spiro atoms. The average Bonchev–Trinajstić information content (AvgIpc) is 3.18. The second-order valence-electron chi connectivity index (χ2n) is 8.58. The Labute approximate surface area is 198 Å². The van der Waals surface area contributed by atoms with Gasteiger partial charge in [-0.2, -0.15) is 4.79 Å². The van der Waals surface area contributed by atoms with E-state index in [4.69, 9.17) is 10.3 Å². The molecule has 0 saturated heterocycles. The van der Waals surface area contributed by atoms with Crippen LogP contribution < -0.4 is 10.6 Å². The summed E-state index contributed by atoms with van der Waals surface area (Å²) >= 11 is 0. The van der Waals surface area contributed by atoms with Gasteiger partial charge < -0.3 is 25.9 Å². The number of hydrogen-bond donors (Lipinski definition) is 3. The van der Waals surface area contributed by atoms with Crippen molar-refractivity contribution in [3.63, 3.8) is 0 Å². The maximum absolute atomic E-state index is 13.2. The number of carbonyl (C=O) groups excluding carboxylic acids is 4. The van der Waals surface area contributed by atoms with E-state index in [1.807, 2.05) is 24.3 Å². The second kappa shape index (κ2) is 12.5. The lowest BCUT2D eigenvalue weighted by Gasteiger charge is -2.23. The lowest BCUT2D eigenvalue weighted by Crippen LogP contribution is -2.53. The van der Waals surface area contributed by atoms with Crippen molar-refractivity contribution in [2.45, 2.75) is 65.1 Å². The van der Waals surface area contributed by atoms with Gasteiger partial charge in [0.05, 0.1) is 6.10 Å². The van der Waals surface area contributed by atoms with Crippen LogP contribution in [0.4, 0.5) is 0 Å². The number of amides is 2. The molecule has 1 aromatic carbocycles. The molecule has 2 atom stereocenters. The minimum atomic E-state index is -1.12. The van der Waals surface area contributed by atoms with Gasteiger partial charge >= 0.3 is 12.2 Å². The highest BCUT2D eigenvalue weighted by atomic mass is 16.5. The standard InChI is InChI=1S/C24H31N5O5/c1-14(2)22(31)29-21(11-16-12-26-19-8-6-5-7-18(16)19)23(32)28-20(24(33)34-15(3)4)10-9-17(30)13-27-25/h5-8,12-15,20-21,26H,9-11H2,1-4H3,(H,28,32)(H,29,31)/t20-,21-/m0/s1. The molecule has 0 aliphatic carbocycles. The van der Waals surface area contributed by atoms with Gasteiger partial charge in [-0.25, -0.2) is 4.79 Å². The summed E-state index contributed by atoms with van der Waals surface area (Å²) in [6, 6.07) is 5.51. The quantitative estimate of drug-likeness (QED) is 0.188. The highest BCUT2D eigenvalue weighted by Crippen LogP contribution is 2.19. The Kier molecular flexibility index (Phi) is 9.70. The number of aromatic nitrogens is 1. The number of esters is 1. The summed E-state index contributed by atoms with van der Waals surface area (Å²) in [5, 5.41) is 6.30. The van der Waals surface area contributed by atoms with Crippen LogP contribution in [-0.2, 0) is 30.3 Å². The number of ether oxygens (including phenoxy) is 1. The highest BCUT2D eigenvalue weighted by molar-refractivity contribution is 6.25. The molecule has 10 nitrogen and oxygen atoms in total. The Morgan fingerprint density at radius 3 is 2.38 bits per heavy atom. The normalized spacial score (nSPS) is 12.6. The van der Waals surface area contributed by atoms with Crippen LogP contribution in [0.3, 0.4) is 0 Å². The number of H-pyrrole nitrogens is 1. The van der Waals surface area contributed by atoms with Crippen LogP contribution in [0.5, 0.6) is 0 Å². The summed E-state index contributed by atoms with van der Waals surface area (Å²) in [5.74, 6) is -2.44. The van der Waals surface area contributed by atoms with Gasteiger partial charge in [0.1, 0.15) is 12.1 Å². The number of Topliss-reactive ketones (excluding diaryl/α,β-unsaturated/α-hetero) is 1. The number of benzene rings is 1. The molecular formula is C24H31N5O5. The van der Waals surface area contributed by atoms with Crippen molar-refractivity contribution in [3.05, 3.63) is 41.6 Å². The van der Waals surface area contributed by atoms with Gasteiger partial charge in [-0.15, -0.1) is 0 Å². The molecule has 0 aliphatic rings. The minimum Gasteiger partial charge on any atom is -0.461 e. The third kappa shape index (κ3) is 7.67. The van der Waals surface area contributed by atoms with Crippen molar-refractivity contribution in [2.75, 3.05) is 0 Å². The maximum atomic E-state index is 13.2. The largest absolute Gasteiger partial charge is 0.461 e. The number of rotatable bonds is 12. The van der Waals surface area contributed by atoms with Crippen molar-refractivity contribution in [1.29, 1.82) is 0 Å². The third-order valence-electron chi connectivity index (χ3n) is 5.09. The van der Waals surface area contributed by atoms with E-state index in [1.165, 1.54) is 0 Å². The summed E-state index contributed by atoms with van der Waals surface area (Å²) in [6.07, 6.45) is 2.08. The van der Waals surface area contributed by atoms with Crippen LogP contribution in [-0.4, -0.2) is 57.7 Å². The molecule has 0 radical (unpaired) electrons. The van der Waals surface area contributed by atoms with Crippen LogP contribution in [0.25, 0.3) is 16.4 Å². The maximum Gasteiger partial charge on any atom is 0.328 e. The topological polar surface area (TPSA) is 154 Å². The lowest BCUT2D eigenvalue weighted by molar-refractivity contribution is -0.152. The predicted molar refractivity (Wildman–Crippen MR) is 126 cm³/mol. The second-order valence-corrected chi connectivity index (χ2v) is 8.58. The van der Waals surface area contributed by atoms with Crippen LogP contribution in [0, 0.1) is 5.92 Å². The number of ketones is 1. The van der Waals surface area contributed by atoms with Gasteiger partial charge in [0.15, 0.2) is 0 Å². The van der Waals surface area contributed by atoms with Crippen LogP contribution >= 0.6 is 0 Å². The Bertz CT molecular complexity index is 1080. The van der Waals surface area contributed by atoms with E-state index in [9.17, 15) is 19.2 Å². The molecule has 2 amide bonds. The number of carbonyl (C=O) groups is 4. The zero-order valence-corrected chi connectivity index (χ0v) is 19.8. The van der Waals surface area contributed by atoms with E-state index in [1.54, 1.807) is 33.9 Å². The zero-order chi connectivity index (χ0) is 25.3. The number of nitrogens with one attached hydrogen (secondary N) is 3. The predicted octanol–water partition coefficient (Wildman–Crippen LogP) is 1.94. The zero-order valence-electron chi connectivity index (χ0n) is 19.8.